The zero-order valence-corrected chi connectivity index (χ0v) is 11.5. The number of carbonyl (C=O) groups excluding carboxylic acids is 1. The average Bonchev–Trinajstić information content (AvgIpc) is 2.45. The van der Waals surface area contributed by atoms with Crippen LogP contribution in [0.4, 0.5) is 5.69 Å². The van der Waals surface area contributed by atoms with Gasteiger partial charge in [-0.15, -0.1) is 0 Å². The molecule has 110 valence electrons. The Morgan fingerprint density at radius 3 is 2.75 bits per heavy atom. The molecule has 0 aromatic heterocycles. The van der Waals surface area contributed by atoms with Gasteiger partial charge in [-0.3, -0.25) is 10.1 Å². The van der Waals surface area contributed by atoms with Crippen LogP contribution in [0.3, 0.4) is 0 Å². The van der Waals surface area contributed by atoms with Crippen LogP contribution in [0.25, 0.3) is 0 Å². The zero-order chi connectivity index (χ0) is 15.0. The van der Waals surface area contributed by atoms with E-state index in [0.29, 0.717) is 6.61 Å². The highest BCUT2D eigenvalue weighted by atomic mass is 16.6. The lowest BCUT2D eigenvalue weighted by Gasteiger charge is -2.07. The van der Waals surface area contributed by atoms with Crippen molar-refractivity contribution in [2.75, 3.05) is 20.3 Å². The first-order chi connectivity index (χ1) is 9.58. The van der Waals surface area contributed by atoms with E-state index >= 15 is 0 Å². The number of rotatable bonds is 8. The molecular formula is C13H17NO6. The summed E-state index contributed by atoms with van der Waals surface area (Å²) in [6.07, 6.45) is 1.72. The largest absolute Gasteiger partial charge is 0.490 e. The molecule has 0 fully saturated rings. The van der Waals surface area contributed by atoms with E-state index in [1.807, 2.05) is 6.92 Å². The van der Waals surface area contributed by atoms with Gasteiger partial charge >= 0.3 is 11.7 Å². The van der Waals surface area contributed by atoms with Crippen molar-refractivity contribution in [1.29, 1.82) is 0 Å². The monoisotopic (exact) mass is 283 g/mol. The number of hydrogen-bond acceptors (Lipinski definition) is 6. The van der Waals surface area contributed by atoms with Crippen molar-refractivity contribution in [2.45, 2.75) is 19.8 Å². The fourth-order valence-corrected chi connectivity index (χ4v) is 1.42. The van der Waals surface area contributed by atoms with Crippen molar-refractivity contribution in [3.8, 4) is 11.5 Å². The van der Waals surface area contributed by atoms with E-state index in [1.54, 1.807) is 0 Å². The molecule has 0 N–H and O–H groups in total. The molecular weight excluding hydrogens is 266 g/mol. The molecule has 0 unspecified atom stereocenters. The first-order valence-electron chi connectivity index (χ1n) is 6.19. The predicted octanol–water partition coefficient (Wildman–Crippen LogP) is 2.33. The average molecular weight is 283 g/mol. The van der Waals surface area contributed by atoms with Crippen LogP contribution in [0, 0.1) is 10.1 Å². The van der Waals surface area contributed by atoms with E-state index in [-0.39, 0.29) is 23.8 Å². The second-order valence-electron chi connectivity index (χ2n) is 3.95. The molecule has 1 aromatic carbocycles. The molecule has 0 aliphatic rings. The SMILES string of the molecule is CCCCOC(=O)COc1ccc(OC)c([N+](=O)[O-])c1. The number of benzene rings is 1. The number of nitrogens with zero attached hydrogens (tertiary/aromatic N) is 1. The minimum absolute atomic E-state index is 0.132. The highest BCUT2D eigenvalue weighted by Gasteiger charge is 2.16. The molecule has 0 aliphatic heterocycles. The van der Waals surface area contributed by atoms with E-state index in [2.05, 4.69) is 0 Å². The van der Waals surface area contributed by atoms with Gasteiger partial charge in [-0.2, -0.15) is 0 Å². The van der Waals surface area contributed by atoms with Gasteiger partial charge in [0.2, 0.25) is 0 Å². The first kappa shape index (κ1) is 15.7. The van der Waals surface area contributed by atoms with Gasteiger partial charge in [0.05, 0.1) is 24.7 Å². The minimum atomic E-state index is -0.578. The molecule has 0 atom stereocenters. The van der Waals surface area contributed by atoms with Crippen LogP contribution in [0.15, 0.2) is 18.2 Å². The highest BCUT2D eigenvalue weighted by Crippen LogP contribution is 2.30. The van der Waals surface area contributed by atoms with E-state index in [4.69, 9.17) is 14.2 Å². The summed E-state index contributed by atoms with van der Waals surface area (Å²) in [5.41, 5.74) is -0.218. The normalized spacial score (nSPS) is 9.90. The molecule has 1 rings (SSSR count). The summed E-state index contributed by atoms with van der Waals surface area (Å²) >= 11 is 0. The summed E-state index contributed by atoms with van der Waals surface area (Å²) in [6.45, 7) is 2.05. The summed E-state index contributed by atoms with van der Waals surface area (Å²) < 4.78 is 14.9. The Morgan fingerprint density at radius 2 is 2.15 bits per heavy atom. The standard InChI is InChI=1S/C13H17NO6/c1-3-4-7-19-13(15)9-20-10-5-6-12(18-2)11(8-10)14(16)17/h5-6,8H,3-4,7,9H2,1-2H3. The molecule has 0 amide bonds. The number of unbranched alkanes of at least 4 members (excludes halogenated alkanes) is 1. The van der Waals surface area contributed by atoms with Crippen LogP contribution in [0.1, 0.15) is 19.8 Å². The summed E-state index contributed by atoms with van der Waals surface area (Å²) in [5.74, 6) is -0.158. The molecule has 20 heavy (non-hydrogen) atoms. The Balaban J connectivity index is 2.58. The molecule has 7 nitrogen and oxygen atoms in total. The Bertz CT molecular complexity index is 474. The van der Waals surface area contributed by atoms with Crippen LogP contribution in [0.5, 0.6) is 11.5 Å². The van der Waals surface area contributed by atoms with Crippen LogP contribution in [-0.4, -0.2) is 31.2 Å². The lowest BCUT2D eigenvalue weighted by Crippen LogP contribution is -2.15. The van der Waals surface area contributed by atoms with Gasteiger partial charge in [-0.1, -0.05) is 13.3 Å². The van der Waals surface area contributed by atoms with Gasteiger partial charge in [-0.25, -0.2) is 4.79 Å². The Labute approximate surface area is 116 Å². The molecule has 0 spiro atoms. The number of ether oxygens (including phenoxy) is 3. The van der Waals surface area contributed by atoms with Crippen LogP contribution in [0.2, 0.25) is 0 Å². The summed E-state index contributed by atoms with van der Waals surface area (Å²) in [4.78, 5) is 21.6. The molecule has 0 bridgehead atoms. The Hall–Kier alpha value is -2.31. The van der Waals surface area contributed by atoms with Gasteiger partial charge in [0.1, 0.15) is 5.75 Å². The quantitative estimate of drug-likeness (QED) is 0.315. The topological polar surface area (TPSA) is 87.9 Å². The summed E-state index contributed by atoms with van der Waals surface area (Å²) in [5, 5.41) is 10.8. The zero-order valence-electron chi connectivity index (χ0n) is 11.5. The van der Waals surface area contributed by atoms with Crippen molar-refractivity contribution >= 4 is 11.7 Å². The smallest absolute Gasteiger partial charge is 0.344 e. The fourth-order valence-electron chi connectivity index (χ4n) is 1.42. The summed E-state index contributed by atoms with van der Waals surface area (Å²) in [6, 6.07) is 4.11. The second-order valence-corrected chi connectivity index (χ2v) is 3.95. The van der Waals surface area contributed by atoms with Gasteiger partial charge in [0.25, 0.3) is 0 Å². The maximum absolute atomic E-state index is 11.3. The molecule has 1 aromatic rings. The van der Waals surface area contributed by atoms with E-state index in [0.717, 1.165) is 12.8 Å². The maximum atomic E-state index is 11.3. The first-order valence-corrected chi connectivity index (χ1v) is 6.19. The minimum Gasteiger partial charge on any atom is -0.490 e. The molecule has 0 aliphatic carbocycles. The van der Waals surface area contributed by atoms with Gasteiger partial charge in [-0.05, 0) is 18.6 Å². The van der Waals surface area contributed by atoms with Gasteiger partial charge in [0.15, 0.2) is 12.4 Å². The number of nitro groups is 1. The van der Waals surface area contributed by atoms with E-state index in [9.17, 15) is 14.9 Å². The predicted molar refractivity (Wildman–Crippen MR) is 71.0 cm³/mol. The molecule has 7 heteroatoms. The summed E-state index contributed by atoms with van der Waals surface area (Å²) in [7, 11) is 1.34. The van der Waals surface area contributed by atoms with Crippen molar-refractivity contribution < 1.29 is 23.9 Å². The number of carbonyl (C=O) groups is 1. The fraction of sp³-hybridized carbons (Fsp3) is 0.462. The van der Waals surface area contributed by atoms with Crippen molar-refractivity contribution in [2.24, 2.45) is 0 Å². The molecule has 0 heterocycles. The van der Waals surface area contributed by atoms with Gasteiger partial charge in [0, 0.05) is 0 Å². The molecule has 0 saturated carbocycles. The van der Waals surface area contributed by atoms with Crippen LogP contribution < -0.4 is 9.47 Å². The van der Waals surface area contributed by atoms with Gasteiger partial charge < -0.3 is 14.2 Å². The van der Waals surface area contributed by atoms with Crippen LogP contribution >= 0.6 is 0 Å². The third-order valence-corrected chi connectivity index (χ3v) is 2.46. The highest BCUT2D eigenvalue weighted by molar-refractivity contribution is 5.71. The number of hydrogen-bond donors (Lipinski definition) is 0. The van der Waals surface area contributed by atoms with Crippen molar-refractivity contribution in [3.63, 3.8) is 0 Å². The Morgan fingerprint density at radius 1 is 1.40 bits per heavy atom. The van der Waals surface area contributed by atoms with E-state index < -0.39 is 10.9 Å². The van der Waals surface area contributed by atoms with Crippen molar-refractivity contribution in [1.82, 2.24) is 0 Å². The van der Waals surface area contributed by atoms with Crippen molar-refractivity contribution in [3.05, 3.63) is 28.3 Å². The number of nitro benzene ring substituents is 1. The third kappa shape index (κ3) is 4.75. The third-order valence-electron chi connectivity index (χ3n) is 2.46. The Kier molecular flexibility index (Phi) is 6.28. The lowest BCUT2D eigenvalue weighted by molar-refractivity contribution is -0.385. The molecule has 0 saturated heterocycles. The second kappa shape index (κ2) is 7.98. The van der Waals surface area contributed by atoms with Crippen LogP contribution in [-0.2, 0) is 9.53 Å². The van der Waals surface area contributed by atoms with E-state index in [1.165, 1.54) is 25.3 Å². The lowest BCUT2D eigenvalue weighted by atomic mass is 10.3. The number of methoxy groups -OCH3 is 1. The molecule has 0 radical (unpaired) electrons. The number of esters is 1. The maximum Gasteiger partial charge on any atom is 0.344 e.